The number of benzene rings is 3. The zero-order chi connectivity index (χ0) is 31.9. The van der Waals surface area contributed by atoms with E-state index in [1.54, 1.807) is 12.1 Å². The molecule has 2 aliphatic rings. The fourth-order valence-electron chi connectivity index (χ4n) is 6.17. The van der Waals surface area contributed by atoms with Crippen LogP contribution in [0.5, 0.6) is 11.5 Å². The summed E-state index contributed by atoms with van der Waals surface area (Å²) in [6.07, 6.45) is 0.696. The highest BCUT2D eigenvalue weighted by molar-refractivity contribution is 9.10. The summed E-state index contributed by atoms with van der Waals surface area (Å²) < 4.78 is 12.3. The monoisotopic (exact) mass is 656 g/mol. The normalized spacial score (nSPS) is 17.7. The summed E-state index contributed by atoms with van der Waals surface area (Å²) >= 11 is 3.44. The number of methoxy groups -OCH3 is 1. The molecular weight excluding hydrogens is 624 g/mol. The molecule has 0 fully saturated rings. The average molecular weight is 658 g/mol. The molecule has 0 radical (unpaired) electrons. The predicted molar refractivity (Wildman–Crippen MR) is 171 cm³/mol. The lowest BCUT2D eigenvalue weighted by molar-refractivity contribution is -0.384. The van der Waals surface area contributed by atoms with Crippen molar-refractivity contribution in [3.63, 3.8) is 0 Å². The standard InChI is InChI=1S/C34H33BrN4O5/c1-19-12-21(18-44-23-8-6-22(35)7-9-23)20(2)25(13-19)31-26(17-36)33(37)38(29-15-34(3,4)16-30(40)32(29)31)27-11-10-24(43-5)14-28(27)39(41)42/h6-14,31H,15-16,18,37H2,1-5H3. The number of aryl methyl sites for hydroxylation is 1. The van der Waals surface area contributed by atoms with Crippen molar-refractivity contribution in [1.82, 2.24) is 0 Å². The van der Waals surface area contributed by atoms with E-state index < -0.39 is 16.3 Å². The Balaban J connectivity index is 1.70. The number of carbonyl (C=O) groups is 1. The van der Waals surface area contributed by atoms with Gasteiger partial charge in [-0.15, -0.1) is 0 Å². The molecule has 1 aliphatic heterocycles. The van der Waals surface area contributed by atoms with Crippen LogP contribution in [0.3, 0.4) is 0 Å². The molecule has 0 aromatic heterocycles. The molecule has 3 aromatic rings. The number of Topliss-reactive ketones (excluding diaryl/α,β-unsaturated/α-hetero) is 1. The van der Waals surface area contributed by atoms with Gasteiger partial charge in [-0.25, -0.2) is 0 Å². The van der Waals surface area contributed by atoms with Crippen molar-refractivity contribution in [2.24, 2.45) is 11.1 Å². The number of nitrogens with two attached hydrogens (primary N) is 1. The molecule has 5 rings (SSSR count). The molecule has 9 nitrogen and oxygen atoms in total. The van der Waals surface area contributed by atoms with Gasteiger partial charge in [-0.2, -0.15) is 5.26 Å². The minimum absolute atomic E-state index is 0.0589. The molecule has 10 heteroatoms. The van der Waals surface area contributed by atoms with Crippen LogP contribution in [0.15, 0.2) is 81.7 Å². The molecule has 0 saturated carbocycles. The Kier molecular flexibility index (Phi) is 8.28. The summed E-state index contributed by atoms with van der Waals surface area (Å²) in [7, 11) is 1.43. The first-order valence-electron chi connectivity index (χ1n) is 14.1. The molecule has 1 heterocycles. The SMILES string of the molecule is COc1ccc(N2C(N)=C(C#N)C(c3cc(C)cc(COc4ccc(Br)cc4)c3C)C3=C2CC(C)(C)CC3=O)c([N+](=O)[O-])c1. The second-order valence-electron chi connectivity index (χ2n) is 12.0. The minimum atomic E-state index is -0.738. The lowest BCUT2D eigenvalue weighted by Gasteiger charge is -2.43. The zero-order valence-electron chi connectivity index (χ0n) is 25.2. The van der Waals surface area contributed by atoms with Gasteiger partial charge in [-0.3, -0.25) is 19.8 Å². The summed E-state index contributed by atoms with van der Waals surface area (Å²) in [5.74, 6) is 0.223. The van der Waals surface area contributed by atoms with Crippen LogP contribution in [-0.2, 0) is 11.4 Å². The number of ether oxygens (including phenoxy) is 2. The Morgan fingerprint density at radius 3 is 2.43 bits per heavy atom. The minimum Gasteiger partial charge on any atom is -0.496 e. The third kappa shape index (κ3) is 5.67. The molecule has 0 spiro atoms. The smallest absolute Gasteiger partial charge is 0.296 e. The molecule has 2 N–H and O–H groups in total. The molecule has 1 atom stereocenters. The Morgan fingerprint density at radius 2 is 1.80 bits per heavy atom. The van der Waals surface area contributed by atoms with Gasteiger partial charge in [0.15, 0.2) is 5.78 Å². The maximum Gasteiger partial charge on any atom is 0.296 e. The summed E-state index contributed by atoms with van der Waals surface area (Å²) in [6, 6.07) is 18.3. The number of rotatable bonds is 7. The van der Waals surface area contributed by atoms with Crippen LogP contribution in [0.4, 0.5) is 11.4 Å². The van der Waals surface area contributed by atoms with Crippen LogP contribution in [0.25, 0.3) is 0 Å². The van der Waals surface area contributed by atoms with E-state index in [2.05, 4.69) is 22.0 Å². The van der Waals surface area contributed by atoms with Crippen LogP contribution in [0.2, 0.25) is 0 Å². The number of halogens is 1. The number of nitro groups is 1. The van der Waals surface area contributed by atoms with Crippen molar-refractivity contribution in [3.05, 3.63) is 114 Å². The number of allylic oxidation sites excluding steroid dienone is 3. The lowest BCUT2D eigenvalue weighted by atomic mass is 9.68. The molecular formula is C34H33BrN4O5. The number of carbonyl (C=O) groups excluding carboxylic acids is 1. The van der Waals surface area contributed by atoms with Crippen LogP contribution < -0.4 is 20.1 Å². The lowest BCUT2D eigenvalue weighted by Crippen LogP contribution is -2.42. The number of nitro benzene ring substituents is 1. The number of nitriles is 1. The highest BCUT2D eigenvalue weighted by Gasteiger charge is 2.46. The van der Waals surface area contributed by atoms with Gasteiger partial charge in [0.1, 0.15) is 29.6 Å². The van der Waals surface area contributed by atoms with Gasteiger partial charge >= 0.3 is 0 Å². The van der Waals surface area contributed by atoms with Gasteiger partial charge in [-0.1, -0.05) is 47.5 Å². The highest BCUT2D eigenvalue weighted by atomic mass is 79.9. The van der Waals surface area contributed by atoms with Crippen molar-refractivity contribution < 1.29 is 19.2 Å². The molecule has 3 aromatic carbocycles. The van der Waals surface area contributed by atoms with E-state index in [1.165, 1.54) is 18.1 Å². The van der Waals surface area contributed by atoms with Gasteiger partial charge in [-0.05, 0) is 78.8 Å². The first-order chi connectivity index (χ1) is 20.8. The second kappa shape index (κ2) is 11.8. The van der Waals surface area contributed by atoms with Gasteiger partial charge in [0.25, 0.3) is 5.69 Å². The fraction of sp³-hybridized carbons (Fsp3) is 0.294. The molecule has 1 unspecified atom stereocenters. The van der Waals surface area contributed by atoms with E-state index in [9.17, 15) is 20.2 Å². The van der Waals surface area contributed by atoms with E-state index in [-0.39, 0.29) is 41.6 Å². The second-order valence-corrected chi connectivity index (χ2v) is 12.9. The van der Waals surface area contributed by atoms with E-state index in [4.69, 9.17) is 15.2 Å². The third-order valence-corrected chi connectivity index (χ3v) is 8.75. The van der Waals surface area contributed by atoms with Gasteiger partial charge < -0.3 is 15.2 Å². The highest BCUT2D eigenvalue weighted by Crippen LogP contribution is 2.52. The van der Waals surface area contributed by atoms with Crippen LogP contribution in [0, 0.1) is 40.7 Å². The van der Waals surface area contributed by atoms with Crippen LogP contribution in [-0.4, -0.2) is 17.8 Å². The summed E-state index contributed by atoms with van der Waals surface area (Å²) in [5, 5.41) is 22.8. The third-order valence-electron chi connectivity index (χ3n) is 8.22. The summed E-state index contributed by atoms with van der Waals surface area (Å²) in [6.45, 7) is 8.17. The van der Waals surface area contributed by atoms with E-state index >= 15 is 0 Å². The predicted octanol–water partition coefficient (Wildman–Crippen LogP) is 7.50. The molecule has 1 aliphatic carbocycles. The van der Waals surface area contributed by atoms with Crippen LogP contribution in [0.1, 0.15) is 54.9 Å². The van der Waals surface area contributed by atoms with Crippen molar-refractivity contribution in [2.75, 3.05) is 12.0 Å². The Hall–Kier alpha value is -4.62. The van der Waals surface area contributed by atoms with Gasteiger partial charge in [0.2, 0.25) is 0 Å². The number of hydrogen-bond acceptors (Lipinski definition) is 8. The quantitative estimate of drug-likeness (QED) is 0.204. The Labute approximate surface area is 264 Å². The number of hydrogen-bond donors (Lipinski definition) is 1. The van der Waals surface area contributed by atoms with E-state index in [1.807, 2.05) is 64.1 Å². The molecule has 0 amide bonds. The van der Waals surface area contributed by atoms with Gasteiger partial charge in [0.05, 0.1) is 35.7 Å². The molecule has 226 valence electrons. The summed E-state index contributed by atoms with van der Waals surface area (Å²) in [5.41, 5.74) is 11.0. The van der Waals surface area contributed by atoms with Crippen molar-refractivity contribution in [1.29, 1.82) is 5.26 Å². The average Bonchev–Trinajstić information content (AvgIpc) is 2.97. The fourth-order valence-corrected chi connectivity index (χ4v) is 6.43. The maximum atomic E-state index is 14.1. The maximum absolute atomic E-state index is 14.1. The Bertz CT molecular complexity index is 1790. The largest absolute Gasteiger partial charge is 0.496 e. The molecule has 0 bridgehead atoms. The topological polar surface area (TPSA) is 132 Å². The first kappa shape index (κ1) is 30.8. The van der Waals surface area contributed by atoms with Crippen molar-refractivity contribution in [3.8, 4) is 17.6 Å². The summed E-state index contributed by atoms with van der Waals surface area (Å²) in [4.78, 5) is 27.3. The molecule has 44 heavy (non-hydrogen) atoms. The Morgan fingerprint density at radius 1 is 1.11 bits per heavy atom. The van der Waals surface area contributed by atoms with Crippen molar-refractivity contribution >= 4 is 33.1 Å². The zero-order valence-corrected chi connectivity index (χ0v) is 26.8. The number of anilines is 1. The molecule has 0 saturated heterocycles. The van der Waals surface area contributed by atoms with Gasteiger partial charge in [0, 0.05) is 22.2 Å². The number of nitrogens with zero attached hydrogens (tertiary/aromatic N) is 3. The van der Waals surface area contributed by atoms with E-state index in [0.717, 1.165) is 26.7 Å². The van der Waals surface area contributed by atoms with E-state index in [0.29, 0.717) is 29.2 Å². The first-order valence-corrected chi connectivity index (χ1v) is 14.9. The van der Waals surface area contributed by atoms with Crippen LogP contribution >= 0.6 is 15.9 Å². The number of ketones is 1. The van der Waals surface area contributed by atoms with Crippen molar-refractivity contribution in [2.45, 2.75) is 53.1 Å².